The van der Waals surface area contributed by atoms with Gasteiger partial charge in [-0.3, -0.25) is 19.2 Å². The Morgan fingerprint density at radius 2 is 1.04 bits per heavy atom. The second kappa shape index (κ2) is 8.75. The van der Waals surface area contributed by atoms with E-state index < -0.39 is 46.0 Å². The van der Waals surface area contributed by atoms with Crippen LogP contribution in [0.1, 0.15) is 87.5 Å². The normalized spacial score (nSPS) is 16.6. The van der Waals surface area contributed by atoms with E-state index in [0.717, 1.165) is 19.3 Å². The van der Waals surface area contributed by atoms with Crippen LogP contribution in [0.25, 0.3) is 0 Å². The van der Waals surface area contributed by atoms with Crippen LogP contribution < -0.4 is 0 Å². The van der Waals surface area contributed by atoms with E-state index >= 15 is 0 Å². The van der Waals surface area contributed by atoms with Crippen molar-refractivity contribution in [2.75, 3.05) is 0 Å². The van der Waals surface area contributed by atoms with Gasteiger partial charge >= 0.3 is 23.9 Å². The van der Waals surface area contributed by atoms with E-state index in [1.54, 1.807) is 55.4 Å². The van der Waals surface area contributed by atoms with Crippen LogP contribution in [0, 0.1) is 28.1 Å². The first-order valence-electron chi connectivity index (χ1n) is 10.2. The molecule has 0 radical (unpaired) electrons. The molecule has 160 valence electrons. The molecule has 0 aromatic carbocycles. The number of ether oxygens (including phenoxy) is 2. The zero-order valence-electron chi connectivity index (χ0n) is 18.6. The van der Waals surface area contributed by atoms with Gasteiger partial charge in [-0.05, 0) is 66.2 Å². The Morgan fingerprint density at radius 1 is 0.679 bits per heavy atom. The zero-order chi connectivity index (χ0) is 21.9. The van der Waals surface area contributed by atoms with Crippen LogP contribution in [0.15, 0.2) is 0 Å². The monoisotopic (exact) mass is 396 g/mol. The molecule has 0 unspecified atom stereocenters. The number of carbonyl (C=O) groups is 4. The van der Waals surface area contributed by atoms with Crippen molar-refractivity contribution in [2.45, 2.75) is 87.5 Å². The Kier molecular flexibility index (Phi) is 7.60. The maximum Gasteiger partial charge on any atom is 0.331 e. The second-order valence-electron chi connectivity index (χ2n) is 10.2. The van der Waals surface area contributed by atoms with Crippen molar-refractivity contribution in [1.29, 1.82) is 0 Å². The maximum absolute atomic E-state index is 13.3. The van der Waals surface area contributed by atoms with Crippen molar-refractivity contribution in [1.82, 2.24) is 0 Å². The Balaban J connectivity index is 3.38. The average Bonchev–Trinajstić information content (AvgIpc) is 2.54. The van der Waals surface area contributed by atoms with Gasteiger partial charge < -0.3 is 9.47 Å². The molecule has 0 aliphatic heterocycles. The van der Waals surface area contributed by atoms with Crippen LogP contribution in [0.4, 0.5) is 0 Å². The van der Waals surface area contributed by atoms with Crippen LogP contribution in [0.3, 0.4) is 0 Å². The lowest BCUT2D eigenvalue weighted by Gasteiger charge is -2.41. The van der Waals surface area contributed by atoms with E-state index in [2.05, 4.69) is 0 Å². The van der Waals surface area contributed by atoms with Gasteiger partial charge in [-0.25, -0.2) is 0 Å². The first-order chi connectivity index (χ1) is 12.6. The molecule has 0 saturated heterocycles. The number of carbonyl (C=O) groups excluding carboxylic acids is 4. The van der Waals surface area contributed by atoms with E-state index in [-0.39, 0.29) is 5.92 Å². The van der Waals surface area contributed by atoms with Crippen molar-refractivity contribution >= 4 is 23.9 Å². The van der Waals surface area contributed by atoms with Crippen molar-refractivity contribution in [3.63, 3.8) is 0 Å². The lowest BCUT2D eigenvalue weighted by Crippen LogP contribution is -2.54. The molecule has 28 heavy (non-hydrogen) atoms. The molecule has 0 atom stereocenters. The smallest absolute Gasteiger partial charge is 0.331 e. The average molecular weight is 397 g/mol. The highest BCUT2D eigenvalue weighted by Crippen LogP contribution is 2.46. The van der Waals surface area contributed by atoms with Crippen molar-refractivity contribution in [3.8, 4) is 0 Å². The molecule has 0 heterocycles. The Labute approximate surface area is 168 Å². The highest BCUT2D eigenvalue weighted by atomic mass is 16.6. The molecule has 6 nitrogen and oxygen atoms in total. The van der Waals surface area contributed by atoms with E-state index in [1.807, 2.05) is 0 Å². The number of rotatable bonds is 4. The molecule has 0 aromatic rings. The molecule has 1 rings (SSSR count). The summed E-state index contributed by atoms with van der Waals surface area (Å²) in [7, 11) is 0. The quantitative estimate of drug-likeness (QED) is 0.516. The Bertz CT molecular complexity index is 572. The molecule has 1 aliphatic rings. The van der Waals surface area contributed by atoms with E-state index in [0.29, 0.717) is 12.8 Å². The predicted octanol–water partition coefficient (Wildman–Crippen LogP) is 4.44. The van der Waals surface area contributed by atoms with Gasteiger partial charge in [0.25, 0.3) is 0 Å². The minimum atomic E-state index is -1.68. The second-order valence-corrected chi connectivity index (χ2v) is 10.2. The van der Waals surface area contributed by atoms with Crippen LogP contribution in [0.2, 0.25) is 0 Å². The van der Waals surface area contributed by atoms with Gasteiger partial charge in [0.15, 0.2) is 5.41 Å². The molecule has 1 fully saturated rings. The summed E-state index contributed by atoms with van der Waals surface area (Å²) in [6.07, 6.45) is 4.07. The molecule has 0 bridgehead atoms. The van der Waals surface area contributed by atoms with E-state index in [9.17, 15) is 19.2 Å². The van der Waals surface area contributed by atoms with Gasteiger partial charge in [-0.15, -0.1) is 0 Å². The summed E-state index contributed by atoms with van der Waals surface area (Å²) in [5.74, 6) is -4.03. The van der Waals surface area contributed by atoms with Crippen molar-refractivity contribution in [2.24, 2.45) is 28.1 Å². The van der Waals surface area contributed by atoms with Gasteiger partial charge in [0, 0.05) is 0 Å². The van der Waals surface area contributed by atoms with Gasteiger partial charge in [0.1, 0.15) is 0 Å². The molecular weight excluding hydrogens is 360 g/mol. The van der Waals surface area contributed by atoms with Crippen LogP contribution in [-0.4, -0.2) is 23.9 Å². The SMILES string of the molecule is CC(C)C(C(=O)OC(=O)C(C)(C)C)(C(=O)OC(=O)C(C)(C)C)C1CCCCC1. The topological polar surface area (TPSA) is 86.7 Å². The molecule has 0 spiro atoms. The third-order valence-electron chi connectivity index (χ3n) is 5.43. The highest BCUT2D eigenvalue weighted by Gasteiger charge is 2.58. The number of esters is 4. The fourth-order valence-electron chi connectivity index (χ4n) is 3.56. The van der Waals surface area contributed by atoms with Crippen LogP contribution in [0.5, 0.6) is 0 Å². The third kappa shape index (κ3) is 5.21. The minimum absolute atomic E-state index is 0.332. The minimum Gasteiger partial charge on any atom is -0.392 e. The molecular formula is C22H36O6. The van der Waals surface area contributed by atoms with Crippen LogP contribution >= 0.6 is 0 Å². The molecule has 6 heteroatoms. The summed E-state index contributed by atoms with van der Waals surface area (Å²) in [5.41, 5.74) is -3.46. The summed E-state index contributed by atoms with van der Waals surface area (Å²) in [5, 5.41) is 0. The Hall–Kier alpha value is -1.72. The first-order valence-corrected chi connectivity index (χ1v) is 10.2. The van der Waals surface area contributed by atoms with E-state index in [1.165, 1.54) is 0 Å². The number of hydrogen-bond acceptors (Lipinski definition) is 6. The fourth-order valence-corrected chi connectivity index (χ4v) is 3.56. The zero-order valence-corrected chi connectivity index (χ0v) is 18.6. The predicted molar refractivity (Wildman–Crippen MR) is 105 cm³/mol. The summed E-state index contributed by atoms with van der Waals surface area (Å²) in [6, 6.07) is 0. The summed E-state index contributed by atoms with van der Waals surface area (Å²) in [4.78, 5) is 51.3. The summed E-state index contributed by atoms with van der Waals surface area (Å²) in [6.45, 7) is 13.3. The van der Waals surface area contributed by atoms with Crippen molar-refractivity contribution in [3.05, 3.63) is 0 Å². The first kappa shape index (κ1) is 24.3. The molecule has 1 aliphatic carbocycles. The number of hydrogen-bond donors (Lipinski definition) is 0. The lowest BCUT2D eigenvalue weighted by molar-refractivity contribution is -0.191. The molecule has 0 aromatic heterocycles. The third-order valence-corrected chi connectivity index (χ3v) is 5.43. The van der Waals surface area contributed by atoms with Crippen LogP contribution in [-0.2, 0) is 28.7 Å². The Morgan fingerprint density at radius 3 is 1.32 bits per heavy atom. The summed E-state index contributed by atoms with van der Waals surface area (Å²) >= 11 is 0. The standard InChI is InChI=1S/C22H36O6/c1-14(2)22(15-12-10-9-11-13-15,18(25)27-16(23)20(3,4)5)19(26)28-17(24)21(6,7)8/h14-15H,9-13H2,1-8H3. The largest absolute Gasteiger partial charge is 0.392 e. The molecule has 1 saturated carbocycles. The van der Waals surface area contributed by atoms with E-state index in [4.69, 9.17) is 9.47 Å². The van der Waals surface area contributed by atoms with Crippen molar-refractivity contribution < 1.29 is 28.7 Å². The van der Waals surface area contributed by atoms with Gasteiger partial charge in [0.05, 0.1) is 10.8 Å². The lowest BCUT2D eigenvalue weighted by atomic mass is 9.62. The molecule has 0 amide bonds. The fraction of sp³-hybridized carbons (Fsp3) is 0.818. The summed E-state index contributed by atoms with van der Waals surface area (Å²) < 4.78 is 10.4. The van der Waals surface area contributed by atoms with Gasteiger partial charge in [0.2, 0.25) is 0 Å². The highest BCUT2D eigenvalue weighted by molar-refractivity contribution is 6.07. The maximum atomic E-state index is 13.3. The molecule has 0 N–H and O–H groups in total. The van der Waals surface area contributed by atoms with Gasteiger partial charge in [-0.2, -0.15) is 0 Å². The van der Waals surface area contributed by atoms with Gasteiger partial charge in [-0.1, -0.05) is 33.1 Å².